The van der Waals surface area contributed by atoms with Crippen molar-refractivity contribution in [3.05, 3.63) is 42.2 Å². The average molecular weight is 384 g/mol. The van der Waals surface area contributed by atoms with Crippen molar-refractivity contribution in [3.8, 4) is 0 Å². The molecule has 1 N–H and O–H groups in total. The predicted octanol–water partition coefficient (Wildman–Crippen LogP) is 1.47. The van der Waals surface area contributed by atoms with Crippen LogP contribution < -0.4 is 5.32 Å². The summed E-state index contributed by atoms with van der Waals surface area (Å²) in [6.45, 7) is 5.88. The maximum atomic E-state index is 13.3. The molecule has 2 heterocycles. The number of benzene rings is 1. The molecule has 0 spiro atoms. The van der Waals surface area contributed by atoms with Crippen LogP contribution in [0.1, 0.15) is 38.3 Å². The third kappa shape index (κ3) is 5.15. The zero-order chi connectivity index (χ0) is 19.9. The van der Waals surface area contributed by atoms with Gasteiger partial charge in [0.1, 0.15) is 12.4 Å². The number of tetrazole rings is 1. The molecule has 0 unspecified atom stereocenters. The lowest BCUT2D eigenvalue weighted by molar-refractivity contribution is -0.139. The highest BCUT2D eigenvalue weighted by Gasteiger charge is 2.33. The number of piperidine rings is 1. The lowest BCUT2D eigenvalue weighted by Crippen LogP contribution is -2.48. The minimum Gasteiger partial charge on any atom is -0.356 e. The Morgan fingerprint density at radius 3 is 2.71 bits per heavy atom. The molecule has 2 aromatic rings. The smallest absolute Gasteiger partial charge is 0.247 e. The molecule has 1 saturated heterocycles. The maximum Gasteiger partial charge on any atom is 0.247 e. The van der Waals surface area contributed by atoms with Crippen LogP contribution in [0, 0.1) is 11.8 Å². The van der Waals surface area contributed by atoms with E-state index >= 15 is 0 Å². The van der Waals surface area contributed by atoms with Gasteiger partial charge in [-0.3, -0.25) is 9.59 Å². The highest BCUT2D eigenvalue weighted by molar-refractivity contribution is 5.83. The zero-order valence-electron chi connectivity index (χ0n) is 16.5. The summed E-state index contributed by atoms with van der Waals surface area (Å²) in [7, 11) is 0. The lowest BCUT2D eigenvalue weighted by atomic mass is 9.95. The minimum atomic E-state index is -0.519. The molecule has 8 heteroatoms. The van der Waals surface area contributed by atoms with E-state index in [9.17, 15) is 9.59 Å². The molecule has 150 valence electrons. The first kappa shape index (κ1) is 20.0. The Bertz CT molecular complexity index is 762. The van der Waals surface area contributed by atoms with Crippen LogP contribution in [0.5, 0.6) is 0 Å². The van der Waals surface area contributed by atoms with Gasteiger partial charge in [0.2, 0.25) is 11.8 Å². The van der Waals surface area contributed by atoms with Crippen molar-refractivity contribution in [2.24, 2.45) is 11.8 Å². The molecule has 0 saturated carbocycles. The van der Waals surface area contributed by atoms with Crippen molar-refractivity contribution in [2.45, 2.75) is 39.2 Å². The molecule has 2 amide bonds. The van der Waals surface area contributed by atoms with Gasteiger partial charge in [-0.1, -0.05) is 44.2 Å². The summed E-state index contributed by atoms with van der Waals surface area (Å²) in [5.41, 5.74) is 1.04. The van der Waals surface area contributed by atoms with Crippen LogP contribution in [0.3, 0.4) is 0 Å². The number of likely N-dealkylation sites (tertiary alicyclic amines) is 1. The number of carbonyl (C=O) groups is 2. The molecule has 1 fully saturated rings. The van der Waals surface area contributed by atoms with E-state index in [4.69, 9.17) is 0 Å². The fourth-order valence-electron chi connectivity index (χ4n) is 3.49. The fourth-order valence-corrected chi connectivity index (χ4v) is 3.49. The summed E-state index contributed by atoms with van der Waals surface area (Å²) in [5.74, 6) is 0.230. The Balaban J connectivity index is 1.70. The van der Waals surface area contributed by atoms with E-state index in [1.807, 2.05) is 30.3 Å². The normalized spacial score (nSPS) is 18.1. The first-order valence-corrected chi connectivity index (χ1v) is 9.87. The quantitative estimate of drug-likeness (QED) is 0.780. The molecule has 0 bridgehead atoms. The second kappa shape index (κ2) is 9.43. The topological polar surface area (TPSA) is 93.0 Å². The molecule has 0 radical (unpaired) electrons. The van der Waals surface area contributed by atoms with E-state index in [1.165, 1.54) is 11.0 Å². The second-order valence-corrected chi connectivity index (χ2v) is 7.76. The number of nitrogens with zero attached hydrogens (tertiary/aromatic N) is 5. The van der Waals surface area contributed by atoms with E-state index in [1.54, 1.807) is 4.90 Å². The van der Waals surface area contributed by atoms with Crippen molar-refractivity contribution < 1.29 is 9.59 Å². The van der Waals surface area contributed by atoms with E-state index in [-0.39, 0.29) is 17.7 Å². The van der Waals surface area contributed by atoms with Crippen LogP contribution in [0.4, 0.5) is 0 Å². The van der Waals surface area contributed by atoms with E-state index in [2.05, 4.69) is 34.7 Å². The Morgan fingerprint density at radius 1 is 1.25 bits per heavy atom. The van der Waals surface area contributed by atoms with Gasteiger partial charge in [0.15, 0.2) is 0 Å². The van der Waals surface area contributed by atoms with Crippen molar-refractivity contribution in [1.82, 2.24) is 30.4 Å². The number of aromatic nitrogens is 4. The van der Waals surface area contributed by atoms with Crippen LogP contribution in [0.2, 0.25) is 0 Å². The third-order valence-corrected chi connectivity index (χ3v) is 5.03. The Labute approximate surface area is 165 Å². The highest BCUT2D eigenvalue weighted by atomic mass is 16.2. The highest BCUT2D eigenvalue weighted by Crippen LogP contribution is 2.22. The van der Waals surface area contributed by atoms with Gasteiger partial charge in [0.25, 0.3) is 0 Å². The molecule has 0 aliphatic carbocycles. The second-order valence-electron chi connectivity index (χ2n) is 7.76. The lowest BCUT2D eigenvalue weighted by Gasteiger charge is -2.34. The largest absolute Gasteiger partial charge is 0.356 e. The summed E-state index contributed by atoms with van der Waals surface area (Å²) in [4.78, 5) is 27.6. The van der Waals surface area contributed by atoms with Crippen LogP contribution >= 0.6 is 0 Å². The van der Waals surface area contributed by atoms with Gasteiger partial charge in [-0.15, -0.1) is 5.10 Å². The van der Waals surface area contributed by atoms with Crippen molar-refractivity contribution in [2.75, 3.05) is 19.6 Å². The monoisotopic (exact) mass is 384 g/mol. The fraction of sp³-hybridized carbons (Fsp3) is 0.550. The molecule has 3 rings (SSSR count). The van der Waals surface area contributed by atoms with Crippen LogP contribution in [-0.4, -0.2) is 56.6 Å². The summed E-state index contributed by atoms with van der Waals surface area (Å²) in [6, 6.07) is 9.31. The Morgan fingerprint density at radius 2 is 2.04 bits per heavy atom. The van der Waals surface area contributed by atoms with Gasteiger partial charge >= 0.3 is 0 Å². The molecule has 1 aliphatic heterocycles. The van der Waals surface area contributed by atoms with Crippen molar-refractivity contribution in [3.63, 3.8) is 0 Å². The van der Waals surface area contributed by atoms with Gasteiger partial charge < -0.3 is 10.2 Å². The van der Waals surface area contributed by atoms with Crippen LogP contribution in [0.25, 0.3) is 0 Å². The third-order valence-electron chi connectivity index (χ3n) is 5.03. The SMILES string of the molecule is CC(C)CNC(=O)[C@H]1CCCN(C(=O)[C@@H](Cc2ccccc2)n2cnnn2)C1. The van der Waals surface area contributed by atoms with E-state index < -0.39 is 6.04 Å². The van der Waals surface area contributed by atoms with Crippen molar-refractivity contribution >= 4 is 11.8 Å². The maximum absolute atomic E-state index is 13.3. The molecule has 2 atom stereocenters. The van der Waals surface area contributed by atoms with Gasteiger partial charge in [0.05, 0.1) is 5.92 Å². The van der Waals surface area contributed by atoms with E-state index in [0.29, 0.717) is 32.0 Å². The molecule has 8 nitrogen and oxygen atoms in total. The summed E-state index contributed by atoms with van der Waals surface area (Å²) in [6.07, 6.45) is 3.61. The molecule has 1 aromatic carbocycles. The summed E-state index contributed by atoms with van der Waals surface area (Å²) < 4.78 is 1.51. The van der Waals surface area contributed by atoms with Crippen LogP contribution in [0.15, 0.2) is 36.7 Å². The first-order chi connectivity index (χ1) is 13.5. The number of rotatable bonds is 7. The first-order valence-electron chi connectivity index (χ1n) is 9.87. The number of nitrogens with one attached hydrogen (secondary N) is 1. The Kier molecular flexibility index (Phi) is 6.73. The predicted molar refractivity (Wildman–Crippen MR) is 104 cm³/mol. The molecule has 28 heavy (non-hydrogen) atoms. The molecule has 1 aliphatic rings. The number of carbonyl (C=O) groups excluding carboxylic acids is 2. The number of hydrogen-bond donors (Lipinski definition) is 1. The van der Waals surface area contributed by atoms with Crippen molar-refractivity contribution in [1.29, 1.82) is 0 Å². The molecular formula is C20H28N6O2. The van der Waals surface area contributed by atoms with Gasteiger partial charge in [0, 0.05) is 26.1 Å². The standard InChI is InChI=1S/C20H28N6O2/c1-15(2)12-21-19(27)17-9-6-10-25(13-17)20(28)18(26-14-22-23-24-26)11-16-7-4-3-5-8-16/h3-5,7-8,14-15,17-18H,6,9-13H2,1-2H3,(H,21,27)/t17-,18+/m0/s1. The summed E-state index contributed by atoms with van der Waals surface area (Å²) in [5, 5.41) is 14.3. The zero-order valence-corrected chi connectivity index (χ0v) is 16.5. The molecule has 1 aromatic heterocycles. The van der Waals surface area contributed by atoms with Gasteiger partial charge in [-0.05, 0) is 34.7 Å². The van der Waals surface area contributed by atoms with Gasteiger partial charge in [-0.25, -0.2) is 4.68 Å². The van der Waals surface area contributed by atoms with Gasteiger partial charge in [-0.2, -0.15) is 0 Å². The number of hydrogen-bond acceptors (Lipinski definition) is 5. The van der Waals surface area contributed by atoms with E-state index in [0.717, 1.165) is 18.4 Å². The summed E-state index contributed by atoms with van der Waals surface area (Å²) >= 11 is 0. The number of amides is 2. The molecular weight excluding hydrogens is 356 g/mol. The van der Waals surface area contributed by atoms with Crippen LogP contribution in [-0.2, 0) is 16.0 Å². The Hall–Kier alpha value is -2.77. The average Bonchev–Trinajstić information content (AvgIpc) is 3.25. The minimum absolute atomic E-state index is 0.0354.